The Labute approximate surface area is 382 Å². The predicted octanol–water partition coefficient (Wildman–Crippen LogP) is 6.22. The number of aliphatic hydroxyl groups is 1. The number of pyridine rings is 1. The van der Waals surface area contributed by atoms with Gasteiger partial charge < -0.3 is 24.4 Å². The third-order valence-electron chi connectivity index (χ3n) is 14.8. The van der Waals surface area contributed by atoms with Crippen molar-refractivity contribution in [1.29, 1.82) is 0 Å². The third-order valence-corrected chi connectivity index (χ3v) is 14.8. The number of hydrogen-bond acceptors (Lipinski definition) is 10. The molecule has 1 unspecified atom stereocenters. The van der Waals surface area contributed by atoms with Crippen LogP contribution in [0.3, 0.4) is 0 Å². The van der Waals surface area contributed by atoms with E-state index < -0.39 is 17.6 Å². The molecular weight excluding hydrogens is 852 g/mol. The fraction of sp³-hybridized carbons (Fsp3) is 0.551. The van der Waals surface area contributed by atoms with E-state index in [2.05, 4.69) is 36.4 Å². The monoisotopic (exact) mass is 911 g/mol. The number of anilines is 2. The van der Waals surface area contributed by atoms with E-state index in [4.69, 9.17) is 4.98 Å². The molecule has 5 fully saturated rings. The number of piperidine rings is 3. The number of benzene rings is 2. The van der Waals surface area contributed by atoms with Crippen molar-refractivity contribution >= 4 is 46.4 Å². The number of carbonyl (C=O) groups is 4. The number of aliphatic hydroxyl groups excluding tert-OH is 1. The van der Waals surface area contributed by atoms with Crippen LogP contribution in [-0.4, -0.2) is 123 Å². The molecule has 14 nitrogen and oxygen atoms in total. The van der Waals surface area contributed by atoms with Crippen LogP contribution in [0.2, 0.25) is 0 Å². The van der Waals surface area contributed by atoms with E-state index in [1.165, 1.54) is 12.1 Å². The van der Waals surface area contributed by atoms with Crippen LogP contribution in [0.1, 0.15) is 103 Å². The summed E-state index contributed by atoms with van der Waals surface area (Å²) in [6.07, 6.45) is 5.11. The number of amides is 4. The van der Waals surface area contributed by atoms with E-state index in [1.54, 1.807) is 6.20 Å². The van der Waals surface area contributed by atoms with Gasteiger partial charge in [-0.1, -0.05) is 12.1 Å². The van der Waals surface area contributed by atoms with Crippen LogP contribution in [0.25, 0.3) is 11.0 Å². The summed E-state index contributed by atoms with van der Waals surface area (Å²) in [4.78, 5) is 69.9. The number of nitrogens with one attached hydrogen (secondary N) is 2. The van der Waals surface area contributed by atoms with Crippen LogP contribution in [0.15, 0.2) is 60.8 Å². The average Bonchev–Trinajstić information content (AvgIpc) is 3.68. The van der Waals surface area contributed by atoms with Gasteiger partial charge in [0.15, 0.2) is 0 Å². The highest BCUT2D eigenvalue weighted by molar-refractivity contribution is 6.04. The van der Waals surface area contributed by atoms with Crippen LogP contribution in [0.5, 0.6) is 0 Å². The lowest BCUT2D eigenvalue weighted by Crippen LogP contribution is -2.51. The minimum atomic E-state index is -4.58. The standard InChI is InChI=1S/C49H60F3N9O5/c50-49(51,52)38-3-1-2-37(27-38)45(64)56-48-54-41-26-34(6-10-42(41)61(48)39-7-4-33(31-62)5-8-39)30-58-22-24-60(25-23-58)47(66)35-15-18-57(19-16-35)29-32-13-20-59(21-14-32)43-28-36(12-17-53-43)40-9-11-44(63)55-46(40)65/h1-3,6,10,12,17,26-28,32-33,35,39-40,62H,4-5,7-9,11,13-16,18-25,29-31H2,(H,54,56,64)(H,55,63,65)/t33-,39+,40?. The Morgan fingerprint density at radius 1 is 0.803 bits per heavy atom. The maximum atomic E-state index is 13.8. The number of fused-ring (bicyclic) bond motifs is 1. The minimum Gasteiger partial charge on any atom is -0.396 e. The molecule has 0 radical (unpaired) electrons. The first-order chi connectivity index (χ1) is 31.9. The first-order valence-corrected chi connectivity index (χ1v) is 23.8. The predicted molar refractivity (Wildman–Crippen MR) is 243 cm³/mol. The van der Waals surface area contributed by atoms with Gasteiger partial charge >= 0.3 is 6.18 Å². The Balaban J connectivity index is 0.747. The maximum absolute atomic E-state index is 13.8. The van der Waals surface area contributed by atoms with Gasteiger partial charge in [0.05, 0.1) is 22.5 Å². The van der Waals surface area contributed by atoms with E-state index in [-0.39, 0.29) is 53.7 Å². The van der Waals surface area contributed by atoms with E-state index in [0.717, 1.165) is 132 Å². The van der Waals surface area contributed by atoms with Crippen LogP contribution in [0.4, 0.5) is 24.9 Å². The zero-order valence-electron chi connectivity index (χ0n) is 37.4. The molecule has 17 heteroatoms. The molecular formula is C49H60F3N9O5. The highest BCUT2D eigenvalue weighted by Gasteiger charge is 2.34. The van der Waals surface area contributed by atoms with E-state index in [9.17, 15) is 37.5 Å². The lowest BCUT2D eigenvalue weighted by molar-refractivity contribution is -0.139. The Kier molecular flexibility index (Phi) is 13.7. The first-order valence-electron chi connectivity index (χ1n) is 23.8. The molecule has 66 heavy (non-hydrogen) atoms. The number of imide groups is 1. The van der Waals surface area contributed by atoms with Gasteiger partial charge in [0.1, 0.15) is 5.82 Å². The molecule has 6 heterocycles. The van der Waals surface area contributed by atoms with E-state index >= 15 is 0 Å². The van der Waals surface area contributed by atoms with Gasteiger partial charge in [-0.2, -0.15) is 13.2 Å². The number of likely N-dealkylation sites (tertiary alicyclic amines) is 1. The first kappa shape index (κ1) is 45.8. The maximum Gasteiger partial charge on any atom is 0.416 e. The molecule has 4 saturated heterocycles. The summed E-state index contributed by atoms with van der Waals surface area (Å²) in [5, 5.41) is 15.0. The fourth-order valence-electron chi connectivity index (χ4n) is 10.8. The summed E-state index contributed by atoms with van der Waals surface area (Å²) >= 11 is 0. The SMILES string of the molecule is O=C1CCC(c2ccnc(N3CCC(CN4CCC(C(=O)N5CCN(Cc6ccc7c(c6)nc(NC(=O)c6cccc(C(F)(F)F)c6)n7[C@H]6CC[C@@H](CO)CC6)CC5)CC4)CC3)c2)C(=O)N1. The zero-order chi connectivity index (χ0) is 46.0. The lowest BCUT2D eigenvalue weighted by Gasteiger charge is -2.40. The van der Waals surface area contributed by atoms with Crippen LogP contribution in [-0.2, 0) is 27.1 Å². The molecule has 0 bridgehead atoms. The molecule has 4 amide bonds. The molecule has 1 aliphatic carbocycles. The van der Waals surface area contributed by atoms with Gasteiger partial charge in [0.2, 0.25) is 23.7 Å². The van der Waals surface area contributed by atoms with Crippen molar-refractivity contribution in [2.75, 3.05) is 75.7 Å². The van der Waals surface area contributed by atoms with E-state index in [0.29, 0.717) is 49.9 Å². The number of hydrogen-bond donors (Lipinski definition) is 3. The van der Waals surface area contributed by atoms with Crippen LogP contribution < -0.4 is 15.5 Å². The molecule has 4 aromatic rings. The Morgan fingerprint density at radius 3 is 2.27 bits per heavy atom. The number of rotatable bonds is 11. The molecule has 5 aliphatic rings. The number of carbonyl (C=O) groups excluding carboxylic acids is 4. The van der Waals surface area contributed by atoms with Crippen molar-refractivity contribution in [1.82, 2.24) is 34.6 Å². The van der Waals surface area contributed by atoms with Crippen molar-refractivity contribution < 1.29 is 37.5 Å². The second kappa shape index (κ2) is 19.8. The summed E-state index contributed by atoms with van der Waals surface area (Å²) < 4.78 is 42.4. The summed E-state index contributed by atoms with van der Waals surface area (Å²) in [5.41, 5.74) is 2.47. The molecule has 1 saturated carbocycles. The zero-order valence-corrected chi connectivity index (χ0v) is 37.4. The number of piperazine rings is 1. The minimum absolute atomic E-state index is 0.00605. The number of halogens is 3. The summed E-state index contributed by atoms with van der Waals surface area (Å²) in [5.74, 6) is 0.837. The smallest absolute Gasteiger partial charge is 0.396 e. The second-order valence-electron chi connectivity index (χ2n) is 19.1. The van der Waals surface area contributed by atoms with Gasteiger partial charge in [-0.15, -0.1) is 0 Å². The topological polar surface area (TPSA) is 156 Å². The third kappa shape index (κ3) is 10.4. The molecule has 9 rings (SSSR count). The summed E-state index contributed by atoms with van der Waals surface area (Å²) in [6.45, 7) is 8.31. The molecule has 352 valence electrons. The van der Waals surface area contributed by atoms with Crippen molar-refractivity contribution in [2.24, 2.45) is 17.8 Å². The number of nitrogens with zero attached hydrogens (tertiary/aromatic N) is 7. The van der Waals surface area contributed by atoms with E-state index in [1.807, 2.05) is 33.7 Å². The second-order valence-corrected chi connectivity index (χ2v) is 19.1. The molecule has 1 atom stereocenters. The Hall–Kier alpha value is -5.39. The van der Waals surface area contributed by atoms with Crippen molar-refractivity contribution in [3.05, 3.63) is 83.0 Å². The van der Waals surface area contributed by atoms with Gasteiger partial charge in [-0.3, -0.25) is 34.7 Å². The molecule has 2 aromatic carbocycles. The quantitative estimate of drug-likeness (QED) is 0.148. The number of alkyl halides is 3. The highest BCUT2D eigenvalue weighted by Crippen LogP contribution is 2.38. The molecule has 0 spiro atoms. The largest absolute Gasteiger partial charge is 0.416 e. The van der Waals surface area contributed by atoms with Gasteiger partial charge in [-0.05, 0) is 136 Å². The Bertz CT molecular complexity index is 2390. The highest BCUT2D eigenvalue weighted by atomic mass is 19.4. The van der Waals surface area contributed by atoms with Crippen molar-refractivity contribution in [2.45, 2.75) is 88.9 Å². The fourth-order valence-corrected chi connectivity index (χ4v) is 10.8. The number of aromatic nitrogens is 3. The molecule has 4 aliphatic heterocycles. The van der Waals surface area contributed by atoms with Crippen LogP contribution >= 0.6 is 0 Å². The molecule has 3 N–H and O–H groups in total. The number of imidazole rings is 1. The summed E-state index contributed by atoms with van der Waals surface area (Å²) in [7, 11) is 0. The van der Waals surface area contributed by atoms with Gasteiger partial charge in [-0.25, -0.2) is 9.97 Å². The van der Waals surface area contributed by atoms with Gasteiger partial charge in [0, 0.05) is 89.1 Å². The van der Waals surface area contributed by atoms with Crippen molar-refractivity contribution in [3.8, 4) is 0 Å². The lowest BCUT2D eigenvalue weighted by atomic mass is 9.86. The average molecular weight is 912 g/mol. The van der Waals surface area contributed by atoms with Gasteiger partial charge in [0.25, 0.3) is 5.91 Å². The van der Waals surface area contributed by atoms with Crippen molar-refractivity contribution in [3.63, 3.8) is 0 Å². The summed E-state index contributed by atoms with van der Waals surface area (Å²) in [6, 6.07) is 14.4. The molecule has 2 aromatic heterocycles. The normalized spacial score (nSPS) is 23.3. The van der Waals surface area contributed by atoms with Crippen LogP contribution in [0, 0.1) is 17.8 Å². The Morgan fingerprint density at radius 2 is 1.56 bits per heavy atom.